The number of ether oxygens (including phenoxy) is 2. The van der Waals surface area contributed by atoms with E-state index < -0.39 is 5.82 Å². The van der Waals surface area contributed by atoms with Crippen LogP contribution in [0, 0.1) is 18.6 Å². The van der Waals surface area contributed by atoms with Crippen LogP contribution in [0.5, 0.6) is 5.75 Å². The van der Waals surface area contributed by atoms with Gasteiger partial charge in [-0.05, 0) is 48.9 Å². The molecule has 1 aliphatic heterocycles. The maximum atomic E-state index is 13.7. The molecule has 0 aromatic heterocycles. The maximum Gasteiger partial charge on any atom is 0.254 e. The molecule has 1 amide bonds. The minimum Gasteiger partial charge on any atom is -0.488 e. The molecule has 1 unspecified atom stereocenters. The number of aryl methyl sites for hydroxylation is 1. The number of halogens is 2. The van der Waals surface area contributed by atoms with Gasteiger partial charge in [0.1, 0.15) is 18.5 Å². The number of carbonyl (C=O) groups is 1. The fraction of sp³-hybridized carbons (Fsp3) is 0.316. The van der Waals surface area contributed by atoms with Crippen LogP contribution in [0.3, 0.4) is 0 Å². The monoisotopic (exact) mass is 347 g/mol. The molecule has 0 spiro atoms. The minimum atomic E-state index is -0.430. The summed E-state index contributed by atoms with van der Waals surface area (Å²) < 4.78 is 37.8. The van der Waals surface area contributed by atoms with Crippen LogP contribution in [-0.2, 0) is 4.74 Å². The van der Waals surface area contributed by atoms with Gasteiger partial charge in [-0.2, -0.15) is 0 Å². The molecule has 2 aromatic carbocycles. The topological polar surface area (TPSA) is 38.8 Å². The first-order valence-electron chi connectivity index (χ1n) is 8.08. The van der Waals surface area contributed by atoms with Crippen molar-refractivity contribution in [2.45, 2.75) is 13.0 Å². The summed E-state index contributed by atoms with van der Waals surface area (Å²) in [5.74, 6) is -0.828. The zero-order valence-electron chi connectivity index (χ0n) is 13.9. The predicted molar refractivity (Wildman–Crippen MR) is 88.7 cm³/mol. The molecule has 1 atom stereocenters. The van der Waals surface area contributed by atoms with Crippen LogP contribution in [-0.4, -0.2) is 43.2 Å². The average molecular weight is 347 g/mol. The number of carbonyl (C=O) groups excluding carboxylic acids is 1. The Morgan fingerprint density at radius 1 is 1.24 bits per heavy atom. The van der Waals surface area contributed by atoms with Crippen molar-refractivity contribution in [3.8, 4) is 5.75 Å². The van der Waals surface area contributed by atoms with Crippen molar-refractivity contribution in [2.75, 3.05) is 26.3 Å². The van der Waals surface area contributed by atoms with Gasteiger partial charge >= 0.3 is 0 Å². The van der Waals surface area contributed by atoms with Crippen molar-refractivity contribution in [3.05, 3.63) is 65.2 Å². The molecule has 0 saturated carbocycles. The van der Waals surface area contributed by atoms with Gasteiger partial charge in [0, 0.05) is 12.1 Å². The lowest BCUT2D eigenvalue weighted by Gasteiger charge is -2.33. The number of hydrogen-bond donors (Lipinski definition) is 0. The van der Waals surface area contributed by atoms with E-state index in [1.165, 1.54) is 30.3 Å². The number of hydrogen-bond acceptors (Lipinski definition) is 3. The van der Waals surface area contributed by atoms with Crippen molar-refractivity contribution in [1.82, 2.24) is 4.90 Å². The highest BCUT2D eigenvalue weighted by atomic mass is 19.1. The van der Waals surface area contributed by atoms with Crippen molar-refractivity contribution >= 4 is 5.91 Å². The summed E-state index contributed by atoms with van der Waals surface area (Å²) in [5, 5.41) is 0. The Hall–Kier alpha value is -2.47. The predicted octanol–water partition coefficient (Wildman–Crippen LogP) is 3.19. The SMILES string of the molecule is Cc1ccc(F)c(OCC2CN(C(=O)c3ccc(F)cc3)CCO2)c1. The molecule has 1 fully saturated rings. The molecule has 1 heterocycles. The molecular weight excluding hydrogens is 328 g/mol. The Bertz CT molecular complexity index is 749. The molecule has 2 aromatic rings. The van der Waals surface area contributed by atoms with Crippen LogP contribution >= 0.6 is 0 Å². The first-order valence-corrected chi connectivity index (χ1v) is 8.08. The van der Waals surface area contributed by atoms with Crippen molar-refractivity contribution in [3.63, 3.8) is 0 Å². The van der Waals surface area contributed by atoms with E-state index in [0.717, 1.165) is 5.56 Å². The quantitative estimate of drug-likeness (QED) is 0.853. The Morgan fingerprint density at radius 3 is 2.76 bits per heavy atom. The lowest BCUT2D eigenvalue weighted by Crippen LogP contribution is -2.47. The third-order valence-corrected chi connectivity index (χ3v) is 4.03. The van der Waals surface area contributed by atoms with Crippen LogP contribution in [0.15, 0.2) is 42.5 Å². The molecule has 0 aliphatic carbocycles. The van der Waals surface area contributed by atoms with E-state index >= 15 is 0 Å². The molecule has 1 saturated heterocycles. The van der Waals surface area contributed by atoms with Crippen LogP contribution in [0.2, 0.25) is 0 Å². The van der Waals surface area contributed by atoms with Crippen LogP contribution < -0.4 is 4.74 Å². The van der Waals surface area contributed by atoms with Gasteiger partial charge in [-0.3, -0.25) is 4.79 Å². The maximum absolute atomic E-state index is 13.7. The summed E-state index contributed by atoms with van der Waals surface area (Å²) in [6.07, 6.45) is -0.349. The summed E-state index contributed by atoms with van der Waals surface area (Å²) >= 11 is 0. The van der Waals surface area contributed by atoms with E-state index in [1.807, 2.05) is 6.92 Å². The number of rotatable bonds is 4. The first kappa shape index (κ1) is 17.4. The van der Waals surface area contributed by atoms with Crippen molar-refractivity contribution in [1.29, 1.82) is 0 Å². The largest absolute Gasteiger partial charge is 0.488 e. The fourth-order valence-electron chi connectivity index (χ4n) is 2.68. The number of morpholine rings is 1. The fourth-order valence-corrected chi connectivity index (χ4v) is 2.68. The highest BCUT2D eigenvalue weighted by molar-refractivity contribution is 5.94. The number of nitrogens with zero attached hydrogens (tertiary/aromatic N) is 1. The van der Waals surface area contributed by atoms with Gasteiger partial charge in [0.15, 0.2) is 11.6 Å². The molecule has 3 rings (SSSR count). The standard InChI is InChI=1S/C19H19F2NO3/c1-13-2-7-17(21)18(10-13)25-12-16-11-22(8-9-24-16)19(23)14-3-5-15(20)6-4-14/h2-7,10,16H,8-9,11-12H2,1H3. The molecule has 0 bridgehead atoms. The van der Waals surface area contributed by atoms with Crippen molar-refractivity contribution in [2.24, 2.45) is 0 Å². The highest BCUT2D eigenvalue weighted by Crippen LogP contribution is 2.19. The van der Waals surface area contributed by atoms with E-state index in [4.69, 9.17) is 9.47 Å². The third kappa shape index (κ3) is 4.33. The van der Waals surface area contributed by atoms with Crippen LogP contribution in [0.1, 0.15) is 15.9 Å². The van der Waals surface area contributed by atoms with Gasteiger partial charge in [0.25, 0.3) is 5.91 Å². The lowest BCUT2D eigenvalue weighted by atomic mass is 10.1. The molecule has 132 valence electrons. The average Bonchev–Trinajstić information content (AvgIpc) is 2.63. The van der Waals surface area contributed by atoms with Crippen molar-refractivity contribution < 1.29 is 23.0 Å². The first-order chi connectivity index (χ1) is 12.0. The minimum absolute atomic E-state index is 0.146. The zero-order chi connectivity index (χ0) is 17.8. The van der Waals surface area contributed by atoms with Gasteiger partial charge in [-0.15, -0.1) is 0 Å². The van der Waals surface area contributed by atoms with E-state index in [-0.39, 0.29) is 30.2 Å². The van der Waals surface area contributed by atoms with Crippen LogP contribution in [0.4, 0.5) is 8.78 Å². The summed E-state index contributed by atoms with van der Waals surface area (Å²) in [6.45, 7) is 3.16. The van der Waals surface area contributed by atoms with Gasteiger partial charge in [0.2, 0.25) is 0 Å². The van der Waals surface area contributed by atoms with E-state index in [0.29, 0.717) is 25.3 Å². The van der Waals surface area contributed by atoms with Gasteiger partial charge in [-0.25, -0.2) is 8.78 Å². The second kappa shape index (κ2) is 7.61. The Morgan fingerprint density at radius 2 is 2.00 bits per heavy atom. The van der Waals surface area contributed by atoms with E-state index in [9.17, 15) is 13.6 Å². The molecule has 0 radical (unpaired) electrons. The summed E-state index contributed by atoms with van der Waals surface area (Å²) in [5.41, 5.74) is 1.32. The second-order valence-corrected chi connectivity index (χ2v) is 6.00. The molecule has 6 heteroatoms. The number of amides is 1. The van der Waals surface area contributed by atoms with Crippen LogP contribution in [0.25, 0.3) is 0 Å². The van der Waals surface area contributed by atoms with Gasteiger partial charge < -0.3 is 14.4 Å². The van der Waals surface area contributed by atoms with Gasteiger partial charge in [-0.1, -0.05) is 6.07 Å². The van der Waals surface area contributed by atoms with Gasteiger partial charge in [0.05, 0.1) is 13.2 Å². The number of benzene rings is 2. The summed E-state index contributed by atoms with van der Waals surface area (Å²) in [7, 11) is 0. The molecule has 4 nitrogen and oxygen atoms in total. The Kier molecular flexibility index (Phi) is 5.28. The Labute approximate surface area is 145 Å². The smallest absolute Gasteiger partial charge is 0.254 e. The highest BCUT2D eigenvalue weighted by Gasteiger charge is 2.25. The molecular formula is C19H19F2NO3. The summed E-state index contributed by atoms with van der Waals surface area (Å²) in [4.78, 5) is 14.1. The summed E-state index contributed by atoms with van der Waals surface area (Å²) in [6, 6.07) is 10.1. The zero-order valence-corrected chi connectivity index (χ0v) is 13.9. The van der Waals surface area contributed by atoms with E-state index in [1.54, 1.807) is 17.0 Å². The second-order valence-electron chi connectivity index (χ2n) is 6.00. The normalized spacial score (nSPS) is 17.4. The Balaban J connectivity index is 1.60. The molecule has 1 aliphatic rings. The van der Waals surface area contributed by atoms with E-state index in [2.05, 4.69) is 0 Å². The lowest BCUT2D eigenvalue weighted by molar-refractivity contribution is -0.0405. The molecule has 25 heavy (non-hydrogen) atoms. The molecule has 0 N–H and O–H groups in total. The third-order valence-electron chi connectivity index (χ3n) is 4.03.